The van der Waals surface area contributed by atoms with Crippen LogP contribution in [0.3, 0.4) is 0 Å². The molecule has 1 heterocycles. The molecule has 0 bridgehead atoms. The van der Waals surface area contributed by atoms with Crippen LogP contribution < -0.4 is 10.6 Å². The maximum Gasteiger partial charge on any atom is 0.139 e. The van der Waals surface area contributed by atoms with E-state index in [-0.39, 0.29) is 5.82 Å². The minimum atomic E-state index is -0.297. The molecule has 0 aliphatic carbocycles. The van der Waals surface area contributed by atoms with E-state index in [2.05, 4.69) is 27.8 Å². The maximum atomic E-state index is 13.3. The van der Waals surface area contributed by atoms with Crippen LogP contribution >= 0.6 is 15.9 Å². The molecule has 1 aliphatic heterocycles. The van der Waals surface area contributed by atoms with Gasteiger partial charge >= 0.3 is 0 Å². The Balaban J connectivity index is 2.16. The summed E-state index contributed by atoms with van der Waals surface area (Å²) in [5.74, 6) is 0.533. The van der Waals surface area contributed by atoms with Gasteiger partial charge in [0.15, 0.2) is 0 Å². The highest BCUT2D eigenvalue weighted by molar-refractivity contribution is 9.10. The molecule has 0 radical (unpaired) electrons. The second-order valence-corrected chi connectivity index (χ2v) is 5.52. The predicted molar refractivity (Wildman–Crippen MR) is 73.7 cm³/mol. The molecule has 17 heavy (non-hydrogen) atoms. The molecule has 1 aliphatic rings. The van der Waals surface area contributed by atoms with Crippen LogP contribution in [0.1, 0.15) is 26.2 Å². The van der Waals surface area contributed by atoms with Crippen molar-refractivity contribution in [3.8, 4) is 0 Å². The average Bonchev–Trinajstić information content (AvgIpc) is 2.34. The van der Waals surface area contributed by atoms with Crippen molar-refractivity contribution < 1.29 is 4.39 Å². The molecular weight excluding hydrogens is 283 g/mol. The van der Waals surface area contributed by atoms with Crippen LogP contribution in [0.25, 0.3) is 0 Å². The van der Waals surface area contributed by atoms with Gasteiger partial charge in [-0.3, -0.25) is 0 Å². The summed E-state index contributed by atoms with van der Waals surface area (Å²) in [6.45, 7) is 4.27. The molecule has 0 atom stereocenters. The number of rotatable bonds is 2. The molecule has 94 valence electrons. The molecule has 2 nitrogen and oxygen atoms in total. The molecule has 0 aromatic heterocycles. The van der Waals surface area contributed by atoms with Gasteiger partial charge < -0.3 is 10.6 Å². The Labute approximate surface area is 110 Å². The zero-order valence-corrected chi connectivity index (χ0v) is 11.6. The summed E-state index contributed by atoms with van der Waals surface area (Å²) in [4.78, 5) is 2.26. The lowest BCUT2D eigenvalue weighted by Gasteiger charge is -2.34. The highest BCUT2D eigenvalue weighted by Crippen LogP contribution is 2.32. The van der Waals surface area contributed by atoms with Gasteiger partial charge in [0, 0.05) is 19.2 Å². The van der Waals surface area contributed by atoms with Gasteiger partial charge in [-0.2, -0.15) is 0 Å². The van der Waals surface area contributed by atoms with Crippen LogP contribution in [-0.2, 0) is 0 Å². The van der Waals surface area contributed by atoms with Crippen LogP contribution in [-0.4, -0.2) is 13.1 Å². The Morgan fingerprint density at radius 1 is 1.41 bits per heavy atom. The van der Waals surface area contributed by atoms with E-state index >= 15 is 0 Å². The fourth-order valence-corrected chi connectivity index (χ4v) is 2.74. The van der Waals surface area contributed by atoms with Crippen molar-refractivity contribution in [2.45, 2.75) is 26.2 Å². The molecule has 1 aromatic rings. The van der Waals surface area contributed by atoms with E-state index in [0.717, 1.165) is 24.7 Å². The SMILES string of the molecule is CCC1CCN(c2cc(Br)c(F)cc2N)CC1. The van der Waals surface area contributed by atoms with E-state index in [9.17, 15) is 4.39 Å². The number of nitrogen functional groups attached to an aromatic ring is 1. The first-order valence-electron chi connectivity index (χ1n) is 6.11. The third-order valence-corrected chi connectivity index (χ3v) is 4.21. The zero-order valence-electron chi connectivity index (χ0n) is 10.0. The summed E-state index contributed by atoms with van der Waals surface area (Å²) in [6, 6.07) is 3.18. The van der Waals surface area contributed by atoms with E-state index < -0.39 is 0 Å². The largest absolute Gasteiger partial charge is 0.397 e. The summed E-state index contributed by atoms with van der Waals surface area (Å²) < 4.78 is 13.8. The standard InChI is InChI=1S/C13H18BrFN2/c1-2-9-3-5-17(6-4-9)13-7-10(14)11(15)8-12(13)16/h7-9H,2-6,16H2,1H3. The van der Waals surface area contributed by atoms with E-state index in [4.69, 9.17) is 5.73 Å². The molecule has 1 fully saturated rings. The van der Waals surface area contributed by atoms with Gasteiger partial charge in [-0.1, -0.05) is 13.3 Å². The van der Waals surface area contributed by atoms with Gasteiger partial charge in [0.1, 0.15) is 5.82 Å². The van der Waals surface area contributed by atoms with E-state index in [1.165, 1.54) is 25.3 Å². The molecule has 0 amide bonds. The lowest BCUT2D eigenvalue weighted by Crippen LogP contribution is -2.34. The van der Waals surface area contributed by atoms with Crippen molar-refractivity contribution in [1.29, 1.82) is 0 Å². The van der Waals surface area contributed by atoms with Gasteiger partial charge in [-0.15, -0.1) is 0 Å². The Hall–Kier alpha value is -0.770. The first kappa shape index (κ1) is 12.7. The van der Waals surface area contributed by atoms with Crippen LogP contribution in [0.5, 0.6) is 0 Å². The zero-order chi connectivity index (χ0) is 12.4. The molecule has 1 saturated heterocycles. The number of hydrogen-bond acceptors (Lipinski definition) is 2. The van der Waals surface area contributed by atoms with E-state index in [0.29, 0.717) is 10.2 Å². The molecule has 1 aromatic carbocycles. The number of piperidine rings is 1. The topological polar surface area (TPSA) is 29.3 Å². The van der Waals surface area contributed by atoms with Crippen molar-refractivity contribution in [3.63, 3.8) is 0 Å². The molecule has 2 N–H and O–H groups in total. The summed E-state index contributed by atoms with van der Waals surface area (Å²) in [6.07, 6.45) is 3.65. The van der Waals surface area contributed by atoms with Crippen molar-refractivity contribution in [2.75, 3.05) is 23.7 Å². The smallest absolute Gasteiger partial charge is 0.139 e. The summed E-state index contributed by atoms with van der Waals surface area (Å²) >= 11 is 3.22. The quantitative estimate of drug-likeness (QED) is 0.842. The summed E-state index contributed by atoms with van der Waals surface area (Å²) in [5.41, 5.74) is 7.37. The minimum absolute atomic E-state index is 0.297. The van der Waals surface area contributed by atoms with Gasteiger partial charge in [0.2, 0.25) is 0 Å². The van der Waals surface area contributed by atoms with Gasteiger partial charge in [-0.05, 0) is 40.8 Å². The van der Waals surface area contributed by atoms with Gasteiger partial charge in [0.05, 0.1) is 15.8 Å². The second kappa shape index (κ2) is 5.25. The summed E-state index contributed by atoms with van der Waals surface area (Å²) in [7, 11) is 0. The highest BCUT2D eigenvalue weighted by atomic mass is 79.9. The highest BCUT2D eigenvalue weighted by Gasteiger charge is 2.20. The van der Waals surface area contributed by atoms with Crippen molar-refractivity contribution in [1.82, 2.24) is 0 Å². The Morgan fingerprint density at radius 2 is 2.06 bits per heavy atom. The first-order chi connectivity index (χ1) is 8.11. The van der Waals surface area contributed by atoms with Crippen molar-refractivity contribution >= 4 is 27.3 Å². The second-order valence-electron chi connectivity index (χ2n) is 4.66. The number of hydrogen-bond donors (Lipinski definition) is 1. The molecule has 0 saturated carbocycles. The fraction of sp³-hybridized carbons (Fsp3) is 0.538. The molecule has 4 heteroatoms. The minimum Gasteiger partial charge on any atom is -0.397 e. The van der Waals surface area contributed by atoms with Crippen LogP contribution in [0.2, 0.25) is 0 Å². The fourth-order valence-electron chi connectivity index (χ4n) is 2.41. The molecule has 0 spiro atoms. The number of anilines is 2. The predicted octanol–water partition coefficient (Wildman–Crippen LogP) is 3.80. The Kier molecular flexibility index (Phi) is 3.92. The first-order valence-corrected chi connectivity index (χ1v) is 6.90. The third-order valence-electron chi connectivity index (χ3n) is 3.60. The number of nitrogens with zero attached hydrogens (tertiary/aromatic N) is 1. The average molecular weight is 301 g/mol. The number of halogens is 2. The number of benzene rings is 1. The van der Waals surface area contributed by atoms with E-state index in [1.54, 1.807) is 6.07 Å². The molecule has 0 unspecified atom stereocenters. The third kappa shape index (κ3) is 2.73. The summed E-state index contributed by atoms with van der Waals surface area (Å²) in [5, 5.41) is 0. The lowest BCUT2D eigenvalue weighted by atomic mass is 9.94. The van der Waals surface area contributed by atoms with Gasteiger partial charge in [0.25, 0.3) is 0 Å². The number of nitrogens with two attached hydrogens (primary N) is 1. The normalized spacial score (nSPS) is 17.5. The maximum absolute atomic E-state index is 13.3. The van der Waals surface area contributed by atoms with Gasteiger partial charge in [-0.25, -0.2) is 4.39 Å². The van der Waals surface area contributed by atoms with E-state index in [1.807, 2.05) is 0 Å². The molecular formula is C13H18BrFN2. The van der Waals surface area contributed by atoms with Crippen molar-refractivity contribution in [3.05, 3.63) is 22.4 Å². The monoisotopic (exact) mass is 300 g/mol. The van der Waals surface area contributed by atoms with Crippen LogP contribution in [0.15, 0.2) is 16.6 Å². The Morgan fingerprint density at radius 3 is 2.65 bits per heavy atom. The van der Waals surface area contributed by atoms with Crippen LogP contribution in [0.4, 0.5) is 15.8 Å². The lowest BCUT2D eigenvalue weighted by molar-refractivity contribution is 0.395. The molecule has 2 rings (SSSR count). The van der Waals surface area contributed by atoms with Crippen molar-refractivity contribution in [2.24, 2.45) is 5.92 Å². The Bertz CT molecular complexity index is 401. The van der Waals surface area contributed by atoms with Crippen LogP contribution in [0, 0.1) is 11.7 Å².